The number of fused-ring (bicyclic) bond motifs is 1. The predicted octanol–water partition coefficient (Wildman–Crippen LogP) is 4.88. The number of aliphatic imine (C=N–C) groups is 1. The number of thioether (sulfide) groups is 2. The fourth-order valence-electron chi connectivity index (χ4n) is 1.30. The first-order valence-electron chi connectivity index (χ1n) is 4.53. The molecule has 5 heteroatoms. The maximum absolute atomic E-state index is 6.10. The molecule has 1 aliphatic heterocycles. The molecular formula is C10H9Cl2NS2. The second-order valence-corrected chi connectivity index (χ2v) is 6.16. The van der Waals surface area contributed by atoms with Crippen LogP contribution in [0.15, 0.2) is 22.0 Å². The molecule has 2 rings (SSSR count). The number of nitrogens with zero attached hydrogens (tertiary/aromatic N) is 1. The van der Waals surface area contributed by atoms with Crippen LogP contribution in [0, 0.1) is 0 Å². The van der Waals surface area contributed by atoms with Crippen molar-refractivity contribution in [2.45, 2.75) is 11.8 Å². The van der Waals surface area contributed by atoms with E-state index in [4.69, 9.17) is 23.2 Å². The number of hydrogen-bond acceptors (Lipinski definition) is 3. The normalized spacial score (nSPS) is 14.7. The van der Waals surface area contributed by atoms with Gasteiger partial charge in [-0.2, -0.15) is 0 Å². The van der Waals surface area contributed by atoms with Crippen LogP contribution >= 0.6 is 46.7 Å². The Bertz CT molecular complexity index is 418. The molecule has 0 unspecified atom stereocenters. The van der Waals surface area contributed by atoms with Gasteiger partial charge < -0.3 is 0 Å². The lowest BCUT2D eigenvalue weighted by atomic mass is 10.3. The Hall–Kier alpha value is 0.170. The predicted molar refractivity (Wildman–Crippen MR) is 72.4 cm³/mol. The minimum absolute atomic E-state index is 0.638. The highest BCUT2D eigenvalue weighted by Gasteiger charge is 2.16. The van der Waals surface area contributed by atoms with E-state index in [0.717, 1.165) is 27.1 Å². The molecule has 1 aliphatic rings. The van der Waals surface area contributed by atoms with Crippen LogP contribution in [-0.2, 0) is 0 Å². The summed E-state index contributed by atoms with van der Waals surface area (Å²) in [6, 6.07) is 3.66. The molecule has 0 aromatic heterocycles. The van der Waals surface area contributed by atoms with Crippen LogP contribution in [0.1, 0.15) is 6.92 Å². The summed E-state index contributed by atoms with van der Waals surface area (Å²) in [5, 5.41) is 2.45. The molecule has 0 N–H and O–H groups in total. The largest absolute Gasteiger partial charge is 0.243 e. The highest BCUT2D eigenvalue weighted by atomic mass is 35.5. The fraction of sp³-hybridized carbons (Fsp3) is 0.300. The Morgan fingerprint density at radius 1 is 1.47 bits per heavy atom. The van der Waals surface area contributed by atoms with Crippen LogP contribution in [0.4, 0.5) is 5.69 Å². The average Bonchev–Trinajstić information content (AvgIpc) is 2.19. The third kappa shape index (κ3) is 2.64. The Morgan fingerprint density at radius 3 is 3.00 bits per heavy atom. The Labute approximate surface area is 108 Å². The monoisotopic (exact) mass is 277 g/mol. The zero-order valence-electron chi connectivity index (χ0n) is 8.09. The summed E-state index contributed by atoms with van der Waals surface area (Å²) < 4.78 is 0. The second-order valence-electron chi connectivity index (χ2n) is 2.96. The summed E-state index contributed by atoms with van der Waals surface area (Å²) in [6.45, 7) is 2.12. The SMILES string of the molecule is CCSC1=Nc2c(Cl)cc(Cl)cc2SC1. The molecule has 1 aromatic carbocycles. The van der Waals surface area contributed by atoms with Gasteiger partial charge in [0.05, 0.1) is 15.8 Å². The first-order valence-corrected chi connectivity index (χ1v) is 7.25. The van der Waals surface area contributed by atoms with Gasteiger partial charge in [0.1, 0.15) is 0 Å². The third-order valence-corrected chi connectivity index (χ3v) is 4.48. The molecule has 0 saturated heterocycles. The van der Waals surface area contributed by atoms with Gasteiger partial charge in [0.15, 0.2) is 0 Å². The minimum Gasteiger partial charge on any atom is -0.243 e. The van der Waals surface area contributed by atoms with Crippen LogP contribution in [0.2, 0.25) is 10.0 Å². The lowest BCUT2D eigenvalue weighted by molar-refractivity contribution is 1.36. The van der Waals surface area contributed by atoms with Crippen molar-refractivity contribution in [3.8, 4) is 0 Å². The quantitative estimate of drug-likeness (QED) is 0.725. The zero-order chi connectivity index (χ0) is 10.8. The minimum atomic E-state index is 0.638. The molecule has 0 saturated carbocycles. The van der Waals surface area contributed by atoms with Gasteiger partial charge in [-0.1, -0.05) is 30.1 Å². The first kappa shape index (κ1) is 11.6. The van der Waals surface area contributed by atoms with Gasteiger partial charge in [-0.25, -0.2) is 4.99 Å². The van der Waals surface area contributed by atoms with Crippen LogP contribution in [0.25, 0.3) is 0 Å². The molecule has 0 fully saturated rings. The summed E-state index contributed by atoms with van der Waals surface area (Å²) in [7, 11) is 0. The van der Waals surface area contributed by atoms with E-state index >= 15 is 0 Å². The van der Waals surface area contributed by atoms with E-state index in [1.165, 1.54) is 0 Å². The van der Waals surface area contributed by atoms with E-state index in [9.17, 15) is 0 Å². The average molecular weight is 278 g/mol. The van der Waals surface area contributed by atoms with E-state index in [1.54, 1.807) is 29.6 Å². The second kappa shape index (κ2) is 5.00. The van der Waals surface area contributed by atoms with E-state index in [1.807, 2.05) is 6.07 Å². The van der Waals surface area contributed by atoms with Gasteiger partial charge in [0, 0.05) is 15.7 Å². The zero-order valence-corrected chi connectivity index (χ0v) is 11.2. The van der Waals surface area contributed by atoms with Crippen molar-refractivity contribution in [1.82, 2.24) is 0 Å². The molecule has 15 heavy (non-hydrogen) atoms. The van der Waals surface area contributed by atoms with Crippen molar-refractivity contribution in [2.24, 2.45) is 4.99 Å². The van der Waals surface area contributed by atoms with Gasteiger partial charge in [0.2, 0.25) is 0 Å². The molecule has 80 valence electrons. The summed E-state index contributed by atoms with van der Waals surface area (Å²) in [6.07, 6.45) is 0. The maximum atomic E-state index is 6.10. The highest BCUT2D eigenvalue weighted by Crippen LogP contribution is 2.42. The highest BCUT2D eigenvalue weighted by molar-refractivity contribution is 8.16. The fourth-order valence-corrected chi connectivity index (χ4v) is 3.80. The van der Waals surface area contributed by atoms with Crippen molar-refractivity contribution in [2.75, 3.05) is 11.5 Å². The molecule has 0 aliphatic carbocycles. The number of benzene rings is 1. The van der Waals surface area contributed by atoms with E-state index in [0.29, 0.717) is 10.0 Å². The van der Waals surface area contributed by atoms with E-state index in [2.05, 4.69) is 11.9 Å². The number of halogens is 2. The Kier molecular flexibility index (Phi) is 3.88. The van der Waals surface area contributed by atoms with Crippen LogP contribution in [0.5, 0.6) is 0 Å². The molecule has 0 atom stereocenters. The summed E-state index contributed by atoms with van der Waals surface area (Å²) >= 11 is 15.5. The molecule has 0 spiro atoms. The summed E-state index contributed by atoms with van der Waals surface area (Å²) in [4.78, 5) is 5.62. The molecular weight excluding hydrogens is 269 g/mol. The van der Waals surface area contributed by atoms with Gasteiger partial charge in [-0.15, -0.1) is 23.5 Å². The smallest absolute Gasteiger partial charge is 0.0962 e. The van der Waals surface area contributed by atoms with Crippen LogP contribution in [-0.4, -0.2) is 16.5 Å². The van der Waals surface area contributed by atoms with Gasteiger partial charge >= 0.3 is 0 Å². The van der Waals surface area contributed by atoms with Crippen molar-refractivity contribution < 1.29 is 0 Å². The summed E-state index contributed by atoms with van der Waals surface area (Å²) in [5.74, 6) is 1.96. The molecule has 0 amide bonds. The number of rotatable bonds is 1. The third-order valence-electron chi connectivity index (χ3n) is 1.89. The molecule has 1 heterocycles. The van der Waals surface area contributed by atoms with Crippen molar-refractivity contribution in [3.63, 3.8) is 0 Å². The summed E-state index contributed by atoms with van der Waals surface area (Å²) in [5.41, 5.74) is 0.869. The van der Waals surface area contributed by atoms with Gasteiger partial charge in [0.25, 0.3) is 0 Å². The van der Waals surface area contributed by atoms with Crippen molar-refractivity contribution in [3.05, 3.63) is 22.2 Å². The first-order chi connectivity index (χ1) is 7.20. The van der Waals surface area contributed by atoms with E-state index in [-0.39, 0.29) is 0 Å². The van der Waals surface area contributed by atoms with Gasteiger partial charge in [-0.3, -0.25) is 0 Å². The van der Waals surface area contributed by atoms with E-state index < -0.39 is 0 Å². The van der Waals surface area contributed by atoms with Crippen molar-refractivity contribution in [1.29, 1.82) is 0 Å². The lowest BCUT2D eigenvalue weighted by Gasteiger charge is -2.15. The van der Waals surface area contributed by atoms with Gasteiger partial charge in [-0.05, 0) is 17.9 Å². The standard InChI is InChI=1S/C10H9Cl2NS2/c1-2-14-9-5-15-8-4-6(11)3-7(12)10(8)13-9/h3-4H,2,5H2,1H3. The van der Waals surface area contributed by atoms with Crippen molar-refractivity contribution >= 4 is 57.5 Å². The Balaban J connectivity index is 2.41. The molecule has 1 aromatic rings. The Morgan fingerprint density at radius 2 is 2.27 bits per heavy atom. The molecule has 0 radical (unpaired) electrons. The number of hydrogen-bond donors (Lipinski definition) is 0. The van der Waals surface area contributed by atoms with Crippen LogP contribution < -0.4 is 0 Å². The maximum Gasteiger partial charge on any atom is 0.0962 e. The lowest BCUT2D eigenvalue weighted by Crippen LogP contribution is -2.01. The molecule has 1 nitrogen and oxygen atoms in total. The topological polar surface area (TPSA) is 12.4 Å². The van der Waals surface area contributed by atoms with Crippen LogP contribution in [0.3, 0.4) is 0 Å². The molecule has 0 bridgehead atoms.